The van der Waals surface area contributed by atoms with Crippen LogP contribution in [0.15, 0.2) is 53.4 Å². The molecule has 3 rings (SSSR count). The molecule has 1 aliphatic rings. The number of nitrogens with one attached hydrogen (secondary N) is 1. The second-order valence-electron chi connectivity index (χ2n) is 5.34. The molecule has 7 nitrogen and oxygen atoms in total. The quantitative estimate of drug-likeness (QED) is 0.484. The average molecular weight is 360 g/mol. The highest BCUT2D eigenvalue weighted by atomic mass is 32.2. The normalized spacial score (nSPS) is 15.4. The Balaban J connectivity index is 1.42. The standard InChI is InChI=1S/C17H16N2O5S/c20-17(11-25-14-7-5-12(6-8-14)19(21)22)18-9-13-10-23-15-3-1-2-4-16(15)24-13/h1-8,13H,9-11H2,(H,18,20)/t13-/m1/s1. The highest BCUT2D eigenvalue weighted by Crippen LogP contribution is 2.30. The molecule has 0 unspecified atom stereocenters. The zero-order valence-corrected chi connectivity index (χ0v) is 14.0. The van der Waals surface area contributed by atoms with Gasteiger partial charge in [0.15, 0.2) is 11.5 Å². The molecule has 25 heavy (non-hydrogen) atoms. The Hall–Kier alpha value is -2.74. The van der Waals surface area contributed by atoms with E-state index in [-0.39, 0.29) is 23.5 Å². The highest BCUT2D eigenvalue weighted by Gasteiger charge is 2.21. The number of rotatable bonds is 6. The summed E-state index contributed by atoms with van der Waals surface area (Å²) in [6.45, 7) is 0.737. The van der Waals surface area contributed by atoms with Gasteiger partial charge in [0.2, 0.25) is 5.91 Å². The number of non-ortho nitro benzene ring substituents is 1. The first-order valence-electron chi connectivity index (χ1n) is 7.64. The van der Waals surface area contributed by atoms with Crippen molar-refractivity contribution in [2.75, 3.05) is 18.9 Å². The Morgan fingerprint density at radius 1 is 1.20 bits per heavy atom. The van der Waals surface area contributed by atoms with E-state index in [1.54, 1.807) is 12.1 Å². The van der Waals surface area contributed by atoms with E-state index in [0.717, 1.165) is 4.90 Å². The molecule has 1 atom stereocenters. The summed E-state index contributed by atoms with van der Waals surface area (Å²) < 4.78 is 11.4. The maximum absolute atomic E-state index is 11.9. The summed E-state index contributed by atoms with van der Waals surface area (Å²) in [5.41, 5.74) is 0.0310. The van der Waals surface area contributed by atoms with Crippen molar-refractivity contribution in [2.24, 2.45) is 0 Å². The molecule has 0 bridgehead atoms. The lowest BCUT2D eigenvalue weighted by molar-refractivity contribution is -0.384. The number of thioether (sulfide) groups is 1. The number of carbonyl (C=O) groups excluding carboxylic acids is 1. The summed E-state index contributed by atoms with van der Waals surface area (Å²) >= 11 is 1.32. The van der Waals surface area contributed by atoms with Crippen molar-refractivity contribution in [3.05, 3.63) is 58.6 Å². The zero-order valence-electron chi connectivity index (χ0n) is 13.2. The van der Waals surface area contributed by atoms with Crippen molar-refractivity contribution in [3.63, 3.8) is 0 Å². The molecular formula is C17H16N2O5S. The minimum atomic E-state index is -0.453. The van der Waals surface area contributed by atoms with Crippen LogP contribution in [0.3, 0.4) is 0 Å². The maximum atomic E-state index is 11.9. The van der Waals surface area contributed by atoms with Gasteiger partial charge in [-0.05, 0) is 24.3 Å². The number of nitro benzene ring substituents is 1. The molecule has 2 aromatic carbocycles. The van der Waals surface area contributed by atoms with E-state index >= 15 is 0 Å². The summed E-state index contributed by atoms with van der Waals surface area (Å²) in [5.74, 6) is 1.47. The summed E-state index contributed by atoms with van der Waals surface area (Å²) in [4.78, 5) is 22.9. The third-order valence-electron chi connectivity index (χ3n) is 3.51. The number of nitrogens with zero attached hydrogens (tertiary/aromatic N) is 1. The van der Waals surface area contributed by atoms with Crippen molar-refractivity contribution >= 4 is 23.4 Å². The molecule has 0 radical (unpaired) electrons. The number of nitro groups is 1. The number of carbonyl (C=O) groups is 1. The molecule has 1 heterocycles. The van der Waals surface area contributed by atoms with Crippen molar-refractivity contribution in [1.82, 2.24) is 5.32 Å². The van der Waals surface area contributed by atoms with Crippen LogP contribution >= 0.6 is 11.8 Å². The van der Waals surface area contributed by atoms with E-state index in [9.17, 15) is 14.9 Å². The fraction of sp³-hybridized carbons (Fsp3) is 0.235. The first-order valence-corrected chi connectivity index (χ1v) is 8.63. The van der Waals surface area contributed by atoms with Gasteiger partial charge in [-0.3, -0.25) is 14.9 Å². The third kappa shape index (κ3) is 4.63. The summed E-state index contributed by atoms with van der Waals surface area (Å²) in [6, 6.07) is 13.5. The molecule has 0 fully saturated rings. The summed E-state index contributed by atoms with van der Waals surface area (Å²) in [6.07, 6.45) is -0.233. The van der Waals surface area contributed by atoms with Crippen molar-refractivity contribution in [2.45, 2.75) is 11.0 Å². The van der Waals surface area contributed by atoms with Crippen LogP contribution in [0.2, 0.25) is 0 Å². The van der Waals surface area contributed by atoms with Gasteiger partial charge in [0, 0.05) is 17.0 Å². The lowest BCUT2D eigenvalue weighted by Gasteiger charge is -2.26. The predicted octanol–water partition coefficient (Wildman–Crippen LogP) is 2.64. The highest BCUT2D eigenvalue weighted by molar-refractivity contribution is 8.00. The van der Waals surface area contributed by atoms with E-state index in [1.165, 1.54) is 23.9 Å². The van der Waals surface area contributed by atoms with Crippen LogP contribution in [0, 0.1) is 10.1 Å². The van der Waals surface area contributed by atoms with E-state index in [1.807, 2.05) is 24.3 Å². The fourth-order valence-electron chi connectivity index (χ4n) is 2.26. The largest absolute Gasteiger partial charge is 0.486 e. The maximum Gasteiger partial charge on any atom is 0.269 e. The molecule has 130 valence electrons. The van der Waals surface area contributed by atoms with Gasteiger partial charge in [0.05, 0.1) is 17.2 Å². The molecule has 0 saturated carbocycles. The van der Waals surface area contributed by atoms with Crippen LogP contribution in [0.5, 0.6) is 11.5 Å². The number of hydrogen-bond donors (Lipinski definition) is 1. The van der Waals surface area contributed by atoms with Crippen LogP contribution in [0.4, 0.5) is 5.69 Å². The van der Waals surface area contributed by atoms with Gasteiger partial charge in [0.25, 0.3) is 5.69 Å². The number of ether oxygens (including phenoxy) is 2. The van der Waals surface area contributed by atoms with Gasteiger partial charge >= 0.3 is 0 Å². The molecule has 1 N–H and O–H groups in total. The summed E-state index contributed by atoms with van der Waals surface area (Å²) in [7, 11) is 0. The van der Waals surface area contributed by atoms with Crippen LogP contribution in [-0.4, -0.2) is 35.8 Å². The predicted molar refractivity (Wildman–Crippen MR) is 93.2 cm³/mol. The van der Waals surface area contributed by atoms with Gasteiger partial charge < -0.3 is 14.8 Å². The molecule has 1 amide bonds. The average Bonchev–Trinajstić information content (AvgIpc) is 2.65. The first-order chi connectivity index (χ1) is 12.1. The minimum absolute atomic E-state index is 0.0310. The number of amides is 1. The molecule has 0 aromatic heterocycles. The Morgan fingerprint density at radius 3 is 2.64 bits per heavy atom. The second kappa shape index (κ2) is 7.89. The Bertz CT molecular complexity index is 766. The van der Waals surface area contributed by atoms with Gasteiger partial charge in [0.1, 0.15) is 12.7 Å². The first kappa shape index (κ1) is 17.1. The Morgan fingerprint density at radius 2 is 1.92 bits per heavy atom. The van der Waals surface area contributed by atoms with Gasteiger partial charge in [-0.25, -0.2) is 0 Å². The zero-order chi connectivity index (χ0) is 17.6. The molecule has 0 spiro atoms. The topological polar surface area (TPSA) is 90.7 Å². The van der Waals surface area contributed by atoms with E-state index in [4.69, 9.17) is 9.47 Å². The van der Waals surface area contributed by atoms with Crippen molar-refractivity contribution < 1.29 is 19.2 Å². The summed E-state index contributed by atoms with van der Waals surface area (Å²) in [5, 5.41) is 13.4. The molecule has 1 aliphatic heterocycles. The van der Waals surface area contributed by atoms with Crippen LogP contribution < -0.4 is 14.8 Å². The van der Waals surface area contributed by atoms with E-state index in [0.29, 0.717) is 24.7 Å². The molecule has 0 aliphatic carbocycles. The monoisotopic (exact) mass is 360 g/mol. The van der Waals surface area contributed by atoms with Gasteiger partial charge in [-0.1, -0.05) is 12.1 Å². The SMILES string of the molecule is O=C(CSc1ccc([N+](=O)[O-])cc1)NC[C@@H]1COc2ccccc2O1. The Kier molecular flexibility index (Phi) is 5.39. The van der Waals surface area contributed by atoms with E-state index < -0.39 is 4.92 Å². The second-order valence-corrected chi connectivity index (χ2v) is 6.39. The third-order valence-corrected chi connectivity index (χ3v) is 4.52. The lowest BCUT2D eigenvalue weighted by Crippen LogP contribution is -2.41. The van der Waals surface area contributed by atoms with Crippen LogP contribution in [0.1, 0.15) is 0 Å². The number of fused-ring (bicyclic) bond motifs is 1. The van der Waals surface area contributed by atoms with E-state index in [2.05, 4.69) is 5.32 Å². The van der Waals surface area contributed by atoms with Crippen LogP contribution in [0.25, 0.3) is 0 Å². The molecule has 0 saturated heterocycles. The number of para-hydroxylation sites is 2. The molecule has 8 heteroatoms. The molecular weight excluding hydrogens is 344 g/mol. The fourth-order valence-corrected chi connectivity index (χ4v) is 2.98. The Labute approximate surface area is 148 Å². The number of hydrogen-bond acceptors (Lipinski definition) is 6. The molecule has 2 aromatic rings. The smallest absolute Gasteiger partial charge is 0.269 e. The van der Waals surface area contributed by atoms with Crippen molar-refractivity contribution in [3.8, 4) is 11.5 Å². The number of benzene rings is 2. The van der Waals surface area contributed by atoms with Crippen LogP contribution in [-0.2, 0) is 4.79 Å². The van der Waals surface area contributed by atoms with Gasteiger partial charge in [-0.2, -0.15) is 0 Å². The van der Waals surface area contributed by atoms with Crippen molar-refractivity contribution in [1.29, 1.82) is 0 Å². The van der Waals surface area contributed by atoms with Gasteiger partial charge in [-0.15, -0.1) is 11.8 Å². The minimum Gasteiger partial charge on any atom is -0.486 e. The lowest BCUT2D eigenvalue weighted by atomic mass is 10.2.